The normalized spacial score (nSPS) is 18.3. The number of carbonyl (C=O) groups is 2. The Morgan fingerprint density at radius 2 is 1.87 bits per heavy atom. The second-order valence-electron chi connectivity index (χ2n) is 10.8. The predicted molar refractivity (Wildman–Crippen MR) is 140 cm³/mol. The first-order valence-electron chi connectivity index (χ1n) is 12.9. The Morgan fingerprint density at radius 1 is 1.16 bits per heavy atom. The van der Waals surface area contributed by atoms with Gasteiger partial charge in [0.05, 0.1) is 30.1 Å². The van der Waals surface area contributed by atoms with Crippen molar-refractivity contribution in [3.8, 4) is 0 Å². The second kappa shape index (κ2) is 11.9. The van der Waals surface area contributed by atoms with Crippen LogP contribution in [0.2, 0.25) is 0 Å². The number of nitro groups is 1. The third-order valence-corrected chi connectivity index (χ3v) is 6.60. The highest BCUT2D eigenvalue weighted by atomic mass is 16.6. The minimum atomic E-state index is -0.471. The van der Waals surface area contributed by atoms with E-state index in [1.807, 2.05) is 20.8 Å². The van der Waals surface area contributed by atoms with Crippen LogP contribution in [-0.2, 0) is 14.3 Å². The van der Waals surface area contributed by atoms with Crippen LogP contribution in [0.1, 0.15) is 51.0 Å². The van der Waals surface area contributed by atoms with Gasteiger partial charge in [-0.05, 0) is 35.2 Å². The number of hydrazone groups is 1. The lowest BCUT2D eigenvalue weighted by Gasteiger charge is -2.32. The number of furan rings is 1. The number of nitrogens with zero attached hydrogens (tertiary/aromatic N) is 5. The number of ether oxygens (including phenoxy) is 1. The smallest absolute Gasteiger partial charge is 0.269 e. The van der Waals surface area contributed by atoms with E-state index in [0.717, 1.165) is 13.1 Å². The van der Waals surface area contributed by atoms with Crippen LogP contribution in [0.25, 0.3) is 0 Å². The molecule has 0 N–H and O–H groups in total. The summed E-state index contributed by atoms with van der Waals surface area (Å²) in [5.41, 5.74) is 1.07. The molecule has 0 aliphatic carbocycles. The molecule has 1 aromatic carbocycles. The van der Waals surface area contributed by atoms with Gasteiger partial charge in [0.2, 0.25) is 5.91 Å². The summed E-state index contributed by atoms with van der Waals surface area (Å²) < 4.78 is 11.0. The molecular formula is C27H35N5O6. The molecule has 1 aromatic heterocycles. The van der Waals surface area contributed by atoms with Crippen LogP contribution in [0.15, 0.2) is 52.2 Å². The highest BCUT2D eigenvalue weighted by molar-refractivity contribution is 6.03. The van der Waals surface area contributed by atoms with Gasteiger partial charge in [-0.1, -0.05) is 20.8 Å². The molecule has 0 saturated carbocycles. The van der Waals surface area contributed by atoms with E-state index in [-0.39, 0.29) is 29.5 Å². The molecule has 11 nitrogen and oxygen atoms in total. The first-order chi connectivity index (χ1) is 18.1. The van der Waals surface area contributed by atoms with Gasteiger partial charge in [-0.2, -0.15) is 5.10 Å². The number of amides is 2. The minimum Gasteiger partial charge on any atom is -0.467 e. The lowest BCUT2D eigenvalue weighted by molar-refractivity contribution is -0.384. The van der Waals surface area contributed by atoms with Crippen molar-refractivity contribution >= 4 is 23.2 Å². The van der Waals surface area contributed by atoms with E-state index in [4.69, 9.17) is 9.15 Å². The van der Waals surface area contributed by atoms with Gasteiger partial charge in [0.15, 0.2) is 0 Å². The van der Waals surface area contributed by atoms with Crippen LogP contribution in [0.3, 0.4) is 0 Å². The van der Waals surface area contributed by atoms with Crippen LogP contribution in [0.4, 0.5) is 5.69 Å². The van der Waals surface area contributed by atoms with Crippen LogP contribution in [0.5, 0.6) is 0 Å². The van der Waals surface area contributed by atoms with E-state index in [2.05, 4.69) is 10.0 Å². The summed E-state index contributed by atoms with van der Waals surface area (Å²) in [4.78, 5) is 41.4. The van der Waals surface area contributed by atoms with Gasteiger partial charge in [0.1, 0.15) is 18.3 Å². The number of hydrogen-bond donors (Lipinski definition) is 0. The number of nitro benzene ring substituents is 1. The Morgan fingerprint density at radius 3 is 2.47 bits per heavy atom. The monoisotopic (exact) mass is 525 g/mol. The zero-order valence-electron chi connectivity index (χ0n) is 22.2. The molecule has 1 unspecified atom stereocenters. The quantitative estimate of drug-likeness (QED) is 0.363. The minimum absolute atomic E-state index is 0.0175. The summed E-state index contributed by atoms with van der Waals surface area (Å²) in [6.45, 7) is 9.90. The molecule has 0 bridgehead atoms. The summed E-state index contributed by atoms with van der Waals surface area (Å²) in [7, 11) is 0. The molecule has 4 rings (SSSR count). The van der Waals surface area contributed by atoms with Crippen molar-refractivity contribution in [1.29, 1.82) is 0 Å². The summed E-state index contributed by atoms with van der Waals surface area (Å²) in [6.07, 6.45) is 2.26. The number of benzene rings is 1. The fraction of sp³-hybridized carbons (Fsp3) is 0.519. The Labute approximate surface area is 222 Å². The molecule has 38 heavy (non-hydrogen) atoms. The van der Waals surface area contributed by atoms with E-state index in [0.29, 0.717) is 56.2 Å². The highest BCUT2D eigenvalue weighted by Crippen LogP contribution is 2.33. The lowest BCUT2D eigenvalue weighted by atomic mass is 9.91. The van der Waals surface area contributed by atoms with Gasteiger partial charge in [0.25, 0.3) is 11.6 Å². The Balaban J connectivity index is 1.54. The molecule has 1 fully saturated rings. The largest absolute Gasteiger partial charge is 0.467 e. The van der Waals surface area contributed by atoms with Gasteiger partial charge >= 0.3 is 0 Å². The van der Waals surface area contributed by atoms with Crippen molar-refractivity contribution in [3.05, 3.63) is 64.1 Å². The van der Waals surface area contributed by atoms with Crippen LogP contribution >= 0.6 is 0 Å². The molecule has 1 saturated heterocycles. The first-order valence-corrected chi connectivity index (χ1v) is 12.9. The summed E-state index contributed by atoms with van der Waals surface area (Å²) >= 11 is 0. The Bertz CT molecular complexity index is 1150. The van der Waals surface area contributed by atoms with Crippen molar-refractivity contribution in [2.24, 2.45) is 10.5 Å². The van der Waals surface area contributed by atoms with Crippen molar-refractivity contribution in [2.45, 2.75) is 39.7 Å². The lowest BCUT2D eigenvalue weighted by Crippen LogP contribution is -2.47. The number of non-ortho nitro benzene ring substituents is 1. The summed E-state index contributed by atoms with van der Waals surface area (Å²) in [6, 6.07) is 9.17. The zero-order chi connectivity index (χ0) is 27.3. The second-order valence-corrected chi connectivity index (χ2v) is 10.8. The average Bonchev–Trinajstić information content (AvgIpc) is 3.56. The van der Waals surface area contributed by atoms with Crippen molar-refractivity contribution in [3.63, 3.8) is 0 Å². The van der Waals surface area contributed by atoms with E-state index >= 15 is 0 Å². The SMILES string of the molecule is CC(C)(C)CC(=O)N(CCN1CCOCC1)CC(=O)N1N=C(c2ccc([N+](=O)[O-])cc2)CC1c1ccco1. The fourth-order valence-electron chi connectivity index (χ4n) is 4.57. The van der Waals surface area contributed by atoms with Gasteiger partial charge in [-0.3, -0.25) is 24.6 Å². The van der Waals surface area contributed by atoms with Gasteiger partial charge in [0, 0.05) is 51.2 Å². The Kier molecular flexibility index (Phi) is 8.58. The third kappa shape index (κ3) is 7.05. The van der Waals surface area contributed by atoms with Gasteiger partial charge in [-0.15, -0.1) is 0 Å². The average molecular weight is 526 g/mol. The Hall–Kier alpha value is -3.57. The molecule has 0 radical (unpaired) electrons. The maximum atomic E-state index is 13.7. The molecule has 1 atom stereocenters. The molecule has 2 aliphatic heterocycles. The fourth-order valence-corrected chi connectivity index (χ4v) is 4.57. The molecular weight excluding hydrogens is 490 g/mol. The van der Waals surface area contributed by atoms with E-state index in [1.165, 1.54) is 17.1 Å². The van der Waals surface area contributed by atoms with E-state index in [9.17, 15) is 19.7 Å². The molecule has 3 heterocycles. The molecule has 11 heteroatoms. The number of rotatable bonds is 9. The van der Waals surface area contributed by atoms with Gasteiger partial charge in [-0.25, -0.2) is 5.01 Å². The van der Waals surface area contributed by atoms with Crippen LogP contribution in [0, 0.1) is 15.5 Å². The maximum Gasteiger partial charge on any atom is 0.269 e. The third-order valence-electron chi connectivity index (χ3n) is 6.60. The molecule has 2 aromatic rings. The van der Waals surface area contributed by atoms with Crippen molar-refractivity contribution < 1.29 is 23.7 Å². The zero-order valence-corrected chi connectivity index (χ0v) is 22.2. The van der Waals surface area contributed by atoms with Crippen molar-refractivity contribution in [1.82, 2.24) is 14.8 Å². The van der Waals surface area contributed by atoms with E-state index < -0.39 is 11.0 Å². The molecule has 2 aliphatic rings. The number of carbonyl (C=O) groups excluding carboxylic acids is 2. The molecule has 2 amide bonds. The van der Waals surface area contributed by atoms with Crippen LogP contribution < -0.4 is 0 Å². The standard InChI is InChI=1S/C27H35N5O6/c1-27(2,3)18-25(33)30(11-10-29-12-15-37-16-13-29)19-26(34)31-23(24-5-4-14-38-24)17-22(28-31)20-6-8-21(9-7-20)32(35)36/h4-9,14,23H,10-13,15-19H2,1-3H3. The van der Waals surface area contributed by atoms with Crippen LogP contribution in [-0.4, -0.2) is 83.2 Å². The topological polar surface area (TPSA) is 122 Å². The first kappa shape index (κ1) is 27.5. The number of morpholine rings is 1. The molecule has 0 spiro atoms. The maximum absolute atomic E-state index is 13.7. The highest BCUT2D eigenvalue weighted by Gasteiger charge is 2.36. The molecule has 204 valence electrons. The number of hydrogen-bond acceptors (Lipinski definition) is 8. The van der Waals surface area contributed by atoms with E-state index in [1.54, 1.807) is 35.4 Å². The summed E-state index contributed by atoms with van der Waals surface area (Å²) in [5.74, 6) is 0.194. The predicted octanol–water partition coefficient (Wildman–Crippen LogP) is 3.46. The van der Waals surface area contributed by atoms with Gasteiger partial charge < -0.3 is 14.1 Å². The van der Waals surface area contributed by atoms with Crippen molar-refractivity contribution in [2.75, 3.05) is 45.9 Å². The summed E-state index contributed by atoms with van der Waals surface area (Å²) in [5, 5.41) is 17.1.